The number of fused-ring (bicyclic) bond motifs is 3. The Morgan fingerprint density at radius 3 is 2.09 bits per heavy atom. The fourth-order valence-electron chi connectivity index (χ4n) is 5.83. The van der Waals surface area contributed by atoms with Crippen LogP contribution in [0.25, 0.3) is 44.8 Å². The number of aryl methyl sites for hydroxylation is 4. The average Bonchev–Trinajstić information content (AvgIpc) is 3.26. The molecule has 6 aromatic rings. The average molecular weight is 750 g/mol. The van der Waals surface area contributed by atoms with Gasteiger partial charge in [-0.2, -0.15) is 0 Å². The SMILES string of the molecule is Cc1cnc(-c2[c-]cc(C)c(-c3ccccc3)c2)cc1C.Cc1ncc[c-]c1-c1cc2c(cn1)C(C)(C)c1ccccc1-2.[Ir]. The molecule has 0 atom stereocenters. The second kappa shape index (κ2) is 12.8. The van der Waals surface area contributed by atoms with Crippen molar-refractivity contribution in [2.75, 3.05) is 0 Å². The van der Waals surface area contributed by atoms with Crippen molar-refractivity contribution in [3.8, 4) is 44.8 Å². The van der Waals surface area contributed by atoms with E-state index in [9.17, 15) is 0 Å². The fraction of sp³-hybridized carbons (Fsp3) is 0.175. The first-order valence-electron chi connectivity index (χ1n) is 14.7. The maximum absolute atomic E-state index is 4.69. The first-order chi connectivity index (χ1) is 20.7. The van der Waals surface area contributed by atoms with E-state index in [0.717, 1.165) is 28.2 Å². The summed E-state index contributed by atoms with van der Waals surface area (Å²) in [4.78, 5) is 13.6. The zero-order chi connectivity index (χ0) is 30.1. The van der Waals surface area contributed by atoms with Crippen molar-refractivity contribution in [2.45, 2.75) is 47.0 Å². The summed E-state index contributed by atoms with van der Waals surface area (Å²) in [5.74, 6) is 0. The fourth-order valence-corrected chi connectivity index (χ4v) is 5.83. The largest absolute Gasteiger partial charge is 0.357 e. The number of hydrogen-bond donors (Lipinski definition) is 0. The summed E-state index contributed by atoms with van der Waals surface area (Å²) >= 11 is 0. The van der Waals surface area contributed by atoms with Crippen LogP contribution in [0.3, 0.4) is 0 Å². The molecule has 221 valence electrons. The van der Waals surface area contributed by atoms with E-state index in [1.807, 2.05) is 31.5 Å². The van der Waals surface area contributed by atoms with Crippen molar-refractivity contribution in [1.82, 2.24) is 15.0 Å². The third-order valence-electron chi connectivity index (χ3n) is 8.55. The molecule has 0 bridgehead atoms. The van der Waals surface area contributed by atoms with Crippen molar-refractivity contribution < 1.29 is 20.1 Å². The standard InChI is InChI=1S/C20H17N2.C20H18N.Ir/c1-13-14(8-6-10-21-13)19-11-16-15-7-4-5-9-17(15)20(2,3)18(16)12-22-19;1-14-9-10-18(20-11-15(2)16(3)13-21-20)12-19(14)17-7-5-4-6-8-17;/h4-7,9-12H,1-3H3;4-9,11-13H,1-3H3;/q2*-1;. The van der Waals surface area contributed by atoms with Gasteiger partial charge >= 0.3 is 0 Å². The maximum atomic E-state index is 4.69. The van der Waals surface area contributed by atoms with Crippen molar-refractivity contribution >= 4 is 0 Å². The molecule has 4 heteroatoms. The molecule has 0 unspecified atom stereocenters. The summed E-state index contributed by atoms with van der Waals surface area (Å²) in [5.41, 5.74) is 16.3. The van der Waals surface area contributed by atoms with Gasteiger partial charge in [0.2, 0.25) is 0 Å². The second-order valence-corrected chi connectivity index (χ2v) is 11.8. The van der Waals surface area contributed by atoms with Crippen LogP contribution in [0.4, 0.5) is 0 Å². The van der Waals surface area contributed by atoms with Gasteiger partial charge in [-0.3, -0.25) is 0 Å². The normalized spacial score (nSPS) is 12.3. The van der Waals surface area contributed by atoms with Crippen LogP contribution in [-0.4, -0.2) is 15.0 Å². The van der Waals surface area contributed by atoms with Gasteiger partial charge in [0.15, 0.2) is 0 Å². The van der Waals surface area contributed by atoms with Gasteiger partial charge in [0, 0.05) is 37.9 Å². The molecule has 3 aromatic carbocycles. The van der Waals surface area contributed by atoms with Gasteiger partial charge in [-0.25, -0.2) is 0 Å². The third kappa shape index (κ3) is 5.93. The number of rotatable bonds is 3. The zero-order valence-electron chi connectivity index (χ0n) is 26.0. The molecule has 0 saturated heterocycles. The van der Waals surface area contributed by atoms with Crippen LogP contribution >= 0.6 is 0 Å². The van der Waals surface area contributed by atoms with Gasteiger partial charge in [-0.1, -0.05) is 112 Å². The molecule has 1 radical (unpaired) electrons. The minimum absolute atomic E-state index is 0. The van der Waals surface area contributed by atoms with Crippen molar-refractivity contribution in [3.63, 3.8) is 0 Å². The summed E-state index contributed by atoms with van der Waals surface area (Å²) in [6.45, 7) is 12.9. The molecule has 0 saturated carbocycles. The van der Waals surface area contributed by atoms with Crippen LogP contribution in [0.15, 0.2) is 104 Å². The molecule has 3 nitrogen and oxygen atoms in total. The van der Waals surface area contributed by atoms with E-state index >= 15 is 0 Å². The summed E-state index contributed by atoms with van der Waals surface area (Å²) in [7, 11) is 0. The van der Waals surface area contributed by atoms with Gasteiger partial charge in [-0.15, -0.1) is 47.0 Å². The van der Waals surface area contributed by atoms with Gasteiger partial charge in [0.1, 0.15) is 0 Å². The number of aromatic nitrogens is 3. The number of nitrogens with zero attached hydrogens (tertiary/aromatic N) is 3. The first kappa shape index (κ1) is 31.2. The van der Waals surface area contributed by atoms with E-state index in [4.69, 9.17) is 0 Å². The number of hydrogen-bond acceptors (Lipinski definition) is 3. The molecule has 0 N–H and O–H groups in total. The third-order valence-corrected chi connectivity index (χ3v) is 8.55. The van der Waals surface area contributed by atoms with E-state index < -0.39 is 0 Å². The van der Waals surface area contributed by atoms with Gasteiger partial charge < -0.3 is 15.0 Å². The Hall–Kier alpha value is -4.24. The Morgan fingerprint density at radius 1 is 0.614 bits per heavy atom. The van der Waals surface area contributed by atoms with E-state index in [1.54, 1.807) is 6.20 Å². The van der Waals surface area contributed by atoms with Crippen molar-refractivity contribution in [3.05, 3.63) is 149 Å². The molecule has 0 spiro atoms. The quantitative estimate of drug-likeness (QED) is 0.169. The van der Waals surface area contributed by atoms with E-state index in [-0.39, 0.29) is 25.5 Å². The van der Waals surface area contributed by atoms with E-state index in [0.29, 0.717) is 0 Å². The zero-order valence-corrected chi connectivity index (χ0v) is 28.4. The summed E-state index contributed by atoms with van der Waals surface area (Å²) in [6.07, 6.45) is 5.72. The molecule has 1 aliphatic carbocycles. The predicted octanol–water partition coefficient (Wildman–Crippen LogP) is 9.70. The van der Waals surface area contributed by atoms with E-state index in [2.05, 4.69) is 134 Å². The monoisotopic (exact) mass is 750 g/mol. The van der Waals surface area contributed by atoms with Gasteiger partial charge in [0.05, 0.1) is 0 Å². The Labute approximate surface area is 274 Å². The summed E-state index contributed by atoms with van der Waals surface area (Å²) in [5, 5.41) is 0. The van der Waals surface area contributed by atoms with Gasteiger partial charge in [0.25, 0.3) is 0 Å². The van der Waals surface area contributed by atoms with Gasteiger partial charge in [-0.05, 0) is 64.3 Å². The minimum atomic E-state index is 0. The molecule has 1 aliphatic rings. The van der Waals surface area contributed by atoms with Crippen LogP contribution in [0.5, 0.6) is 0 Å². The predicted molar refractivity (Wildman–Crippen MR) is 177 cm³/mol. The minimum Gasteiger partial charge on any atom is -0.357 e. The molecule has 44 heavy (non-hydrogen) atoms. The van der Waals surface area contributed by atoms with Crippen LogP contribution < -0.4 is 0 Å². The molecule has 3 aromatic heterocycles. The second-order valence-electron chi connectivity index (χ2n) is 11.8. The first-order valence-corrected chi connectivity index (χ1v) is 14.7. The number of benzene rings is 3. The molecule has 3 heterocycles. The Bertz CT molecular complexity index is 1940. The molecule has 0 aliphatic heterocycles. The number of pyridine rings is 3. The van der Waals surface area contributed by atoms with Crippen LogP contribution in [-0.2, 0) is 25.5 Å². The maximum Gasteiger partial charge on any atom is 0.0207 e. The van der Waals surface area contributed by atoms with Crippen LogP contribution in [0.1, 0.15) is 47.4 Å². The smallest absolute Gasteiger partial charge is 0.0207 e. The summed E-state index contributed by atoms with van der Waals surface area (Å²) < 4.78 is 0. The topological polar surface area (TPSA) is 38.7 Å². The van der Waals surface area contributed by atoms with E-state index in [1.165, 1.54) is 50.1 Å². The van der Waals surface area contributed by atoms with Crippen molar-refractivity contribution in [2.24, 2.45) is 0 Å². The Morgan fingerprint density at radius 2 is 1.34 bits per heavy atom. The molecule has 0 amide bonds. The van der Waals surface area contributed by atoms with Crippen molar-refractivity contribution in [1.29, 1.82) is 0 Å². The van der Waals surface area contributed by atoms with Crippen LogP contribution in [0.2, 0.25) is 0 Å². The molecular weight excluding hydrogens is 715 g/mol. The van der Waals surface area contributed by atoms with Crippen LogP contribution in [0, 0.1) is 39.8 Å². The molecule has 7 rings (SSSR count). The molecular formula is C40H35IrN3-2. The Balaban J connectivity index is 0.000000171. The molecule has 0 fully saturated rings. The summed E-state index contributed by atoms with van der Waals surface area (Å²) in [6, 6.07) is 36.1. The Kier molecular flexibility index (Phi) is 9.06.